The quantitative estimate of drug-likeness (QED) is 0.358. The van der Waals surface area contributed by atoms with Gasteiger partial charge in [-0.3, -0.25) is 4.79 Å². The Morgan fingerprint density at radius 3 is 2.59 bits per heavy atom. The maximum atomic E-state index is 13.2. The number of nitrogens with one attached hydrogen (secondary N) is 2. The molecule has 0 unspecified atom stereocenters. The molecule has 1 aliphatic rings. The highest BCUT2D eigenvalue weighted by molar-refractivity contribution is 7.92. The molecule has 1 aliphatic heterocycles. The zero-order chi connectivity index (χ0) is 26.0. The number of pyridine rings is 1. The van der Waals surface area contributed by atoms with Gasteiger partial charge in [0.15, 0.2) is 17.3 Å². The van der Waals surface area contributed by atoms with E-state index in [1.165, 1.54) is 16.6 Å². The molecule has 11 nitrogen and oxygen atoms in total. The minimum absolute atomic E-state index is 0.243. The summed E-state index contributed by atoms with van der Waals surface area (Å²) < 4.78 is 19.5. The Bertz CT molecular complexity index is 1620. The lowest BCUT2D eigenvalue weighted by atomic mass is 10.2. The summed E-state index contributed by atoms with van der Waals surface area (Å²) in [5.74, 6) is 1.07. The molecule has 37 heavy (non-hydrogen) atoms. The van der Waals surface area contributed by atoms with E-state index in [1.807, 2.05) is 12.1 Å². The summed E-state index contributed by atoms with van der Waals surface area (Å²) in [6, 6.07) is 13.3. The summed E-state index contributed by atoms with van der Waals surface area (Å²) in [5, 5.41) is 6.94. The maximum absolute atomic E-state index is 13.2. The SMILES string of the molecule is C=CCn1c(=O)c2cnc(Nc3ccc(N4CCNCC4)cc3)nc2n1-c1cccc(N=S(C)(C)=O)n1. The molecule has 0 spiro atoms. The number of benzene rings is 1. The van der Waals surface area contributed by atoms with Gasteiger partial charge in [0.1, 0.15) is 5.39 Å². The molecule has 1 saturated heterocycles. The van der Waals surface area contributed by atoms with Crippen LogP contribution in [0.2, 0.25) is 0 Å². The van der Waals surface area contributed by atoms with Crippen molar-refractivity contribution in [3.63, 3.8) is 0 Å². The van der Waals surface area contributed by atoms with Crippen molar-refractivity contribution in [2.45, 2.75) is 6.54 Å². The van der Waals surface area contributed by atoms with E-state index in [-0.39, 0.29) is 12.1 Å². The van der Waals surface area contributed by atoms with Crippen LogP contribution in [-0.4, -0.2) is 67.2 Å². The summed E-state index contributed by atoms with van der Waals surface area (Å²) >= 11 is 0. The Kier molecular flexibility index (Phi) is 6.76. The van der Waals surface area contributed by atoms with Gasteiger partial charge in [0.25, 0.3) is 5.56 Å². The molecule has 0 amide bonds. The van der Waals surface area contributed by atoms with Crippen molar-refractivity contribution in [3.05, 3.63) is 71.7 Å². The largest absolute Gasteiger partial charge is 0.369 e. The number of piperazine rings is 1. The number of fused-ring (bicyclic) bond motifs is 1. The van der Waals surface area contributed by atoms with Gasteiger partial charge in [0.2, 0.25) is 5.95 Å². The molecule has 5 rings (SSSR count). The molecule has 4 heterocycles. The van der Waals surface area contributed by atoms with Crippen LogP contribution in [0.3, 0.4) is 0 Å². The van der Waals surface area contributed by atoms with Crippen LogP contribution < -0.4 is 21.1 Å². The predicted octanol–water partition coefficient (Wildman–Crippen LogP) is 2.68. The number of anilines is 3. The van der Waals surface area contributed by atoms with Crippen LogP contribution in [0, 0.1) is 0 Å². The van der Waals surface area contributed by atoms with E-state index < -0.39 is 9.73 Å². The smallest absolute Gasteiger partial charge is 0.278 e. The van der Waals surface area contributed by atoms with Crippen LogP contribution >= 0.6 is 0 Å². The Hall–Kier alpha value is -4.03. The van der Waals surface area contributed by atoms with Gasteiger partial charge in [-0.1, -0.05) is 12.1 Å². The van der Waals surface area contributed by atoms with Crippen LogP contribution in [0.1, 0.15) is 0 Å². The van der Waals surface area contributed by atoms with Gasteiger partial charge in [-0.05, 0) is 36.4 Å². The molecule has 0 aliphatic carbocycles. The number of aromatic nitrogens is 5. The Balaban J connectivity index is 1.53. The molecule has 3 aromatic heterocycles. The number of hydrogen-bond acceptors (Lipinski definition) is 9. The first-order valence-electron chi connectivity index (χ1n) is 11.9. The minimum Gasteiger partial charge on any atom is -0.369 e. The van der Waals surface area contributed by atoms with Gasteiger partial charge < -0.3 is 15.5 Å². The molecule has 1 aromatic carbocycles. The average molecular weight is 520 g/mol. The van der Waals surface area contributed by atoms with Crippen LogP contribution in [0.25, 0.3) is 16.9 Å². The molecular weight excluding hydrogens is 490 g/mol. The summed E-state index contributed by atoms with van der Waals surface area (Å²) in [6.45, 7) is 7.92. The van der Waals surface area contributed by atoms with Crippen molar-refractivity contribution < 1.29 is 4.21 Å². The maximum Gasteiger partial charge on any atom is 0.278 e. The van der Waals surface area contributed by atoms with E-state index in [4.69, 9.17) is 0 Å². The van der Waals surface area contributed by atoms with Gasteiger partial charge in [0.05, 0.1) is 6.54 Å². The molecule has 1 fully saturated rings. The van der Waals surface area contributed by atoms with Crippen LogP contribution in [-0.2, 0) is 16.3 Å². The van der Waals surface area contributed by atoms with Crippen molar-refractivity contribution in [2.75, 3.05) is 48.9 Å². The molecule has 0 bridgehead atoms. The van der Waals surface area contributed by atoms with E-state index in [9.17, 15) is 9.00 Å². The summed E-state index contributed by atoms with van der Waals surface area (Å²) in [4.78, 5) is 29.1. The topological polar surface area (TPSA) is 122 Å². The van der Waals surface area contributed by atoms with Gasteiger partial charge in [-0.25, -0.2) is 23.5 Å². The third kappa shape index (κ3) is 5.39. The van der Waals surface area contributed by atoms with E-state index in [0.717, 1.165) is 31.9 Å². The van der Waals surface area contributed by atoms with Gasteiger partial charge >= 0.3 is 0 Å². The molecule has 0 radical (unpaired) electrons. The lowest BCUT2D eigenvalue weighted by Gasteiger charge is -2.29. The van der Waals surface area contributed by atoms with Crippen molar-refractivity contribution in [1.82, 2.24) is 29.6 Å². The lowest BCUT2D eigenvalue weighted by molar-refractivity contribution is 0.589. The fraction of sp³-hybridized carbons (Fsp3) is 0.280. The van der Waals surface area contributed by atoms with Gasteiger partial charge in [-0.15, -0.1) is 6.58 Å². The van der Waals surface area contributed by atoms with Gasteiger partial charge in [0, 0.05) is 66.0 Å². The van der Waals surface area contributed by atoms with Crippen LogP contribution in [0.4, 0.5) is 23.1 Å². The average Bonchev–Trinajstić information content (AvgIpc) is 3.15. The predicted molar refractivity (Wildman–Crippen MR) is 148 cm³/mol. The second-order valence-electron chi connectivity index (χ2n) is 8.95. The molecule has 0 atom stereocenters. The highest BCUT2D eigenvalue weighted by Gasteiger charge is 2.18. The van der Waals surface area contributed by atoms with E-state index in [0.29, 0.717) is 28.6 Å². The van der Waals surface area contributed by atoms with E-state index >= 15 is 0 Å². The van der Waals surface area contributed by atoms with Gasteiger partial charge in [-0.2, -0.15) is 9.35 Å². The minimum atomic E-state index is -2.41. The zero-order valence-corrected chi connectivity index (χ0v) is 21.6. The highest BCUT2D eigenvalue weighted by Crippen LogP contribution is 2.22. The number of rotatable bonds is 7. The Morgan fingerprint density at radius 1 is 1.14 bits per heavy atom. The van der Waals surface area contributed by atoms with Crippen molar-refractivity contribution >= 4 is 43.9 Å². The van der Waals surface area contributed by atoms with Crippen LogP contribution in [0.15, 0.2) is 70.5 Å². The number of hydrogen-bond donors (Lipinski definition) is 2. The number of allylic oxidation sites excluding steroid dienone is 1. The first kappa shape index (κ1) is 24.7. The molecule has 2 N–H and O–H groups in total. The third-order valence-electron chi connectivity index (χ3n) is 5.83. The van der Waals surface area contributed by atoms with Crippen molar-refractivity contribution in [1.29, 1.82) is 0 Å². The molecular formula is C25H29N9O2S. The monoisotopic (exact) mass is 519 g/mol. The summed E-state index contributed by atoms with van der Waals surface area (Å²) in [6.07, 6.45) is 6.22. The fourth-order valence-corrected chi connectivity index (χ4v) is 4.77. The van der Waals surface area contributed by atoms with Crippen LogP contribution in [0.5, 0.6) is 0 Å². The Morgan fingerprint density at radius 2 is 1.89 bits per heavy atom. The van der Waals surface area contributed by atoms with E-state index in [1.54, 1.807) is 41.5 Å². The lowest BCUT2D eigenvalue weighted by Crippen LogP contribution is -2.43. The normalized spacial score (nSPS) is 14.1. The zero-order valence-electron chi connectivity index (χ0n) is 20.8. The second-order valence-corrected chi connectivity index (χ2v) is 11.5. The highest BCUT2D eigenvalue weighted by atomic mass is 32.2. The number of nitrogens with zero attached hydrogens (tertiary/aromatic N) is 7. The first-order chi connectivity index (χ1) is 17.8. The molecule has 4 aromatic rings. The van der Waals surface area contributed by atoms with Crippen molar-refractivity contribution in [3.8, 4) is 5.82 Å². The van der Waals surface area contributed by atoms with E-state index in [2.05, 4.69) is 53.6 Å². The third-order valence-corrected chi connectivity index (χ3v) is 6.46. The van der Waals surface area contributed by atoms with Crippen molar-refractivity contribution in [2.24, 2.45) is 4.36 Å². The Labute approximate surface area is 215 Å². The summed E-state index contributed by atoms with van der Waals surface area (Å²) in [5.41, 5.74) is 2.12. The molecule has 0 saturated carbocycles. The standard InChI is InChI=1S/C25H29N9O2S/c1-4-14-33-24(35)20-17-27-25(28-18-8-10-19(11-9-18)32-15-12-26-13-16-32)30-23(20)34(33)22-7-5-6-21(29-22)31-37(2,3)36/h4-11,17,26H,1,12-16H2,2-3H3,(H,27,28,30). The summed E-state index contributed by atoms with van der Waals surface area (Å²) in [7, 11) is -2.41. The molecule has 192 valence electrons. The second kappa shape index (κ2) is 10.1. The molecule has 12 heteroatoms. The first-order valence-corrected chi connectivity index (χ1v) is 14.2. The fourth-order valence-electron chi connectivity index (χ4n) is 4.22.